The average molecular weight is 382 g/mol. The van der Waals surface area contributed by atoms with Crippen LogP contribution in [0.5, 0.6) is 0 Å². The summed E-state index contributed by atoms with van der Waals surface area (Å²) in [5.41, 5.74) is 0.559. The molecule has 0 spiro atoms. The second-order valence-corrected chi connectivity index (χ2v) is 9.13. The zero-order valence-corrected chi connectivity index (χ0v) is 15.7. The maximum Gasteiger partial charge on any atom is 0.273 e. The number of halogens is 1. The first kappa shape index (κ1) is 16.5. The number of piperidine rings is 1. The Morgan fingerprint density at radius 1 is 1.29 bits per heavy atom. The summed E-state index contributed by atoms with van der Waals surface area (Å²) in [5, 5.41) is 6.38. The number of nitrogens with zero attached hydrogens (tertiary/aromatic N) is 2. The van der Waals surface area contributed by atoms with Crippen molar-refractivity contribution in [3.05, 3.63) is 27.5 Å². The number of rotatable bonds is 5. The molecule has 2 fully saturated rings. The highest BCUT2D eigenvalue weighted by Crippen LogP contribution is 2.33. The number of carbonyl (C=O) groups excluding carboxylic acids is 1. The smallest absolute Gasteiger partial charge is 0.273 e. The first-order chi connectivity index (χ1) is 11.7. The Bertz CT molecular complexity index is 717. The van der Waals surface area contributed by atoms with Crippen molar-refractivity contribution in [2.75, 3.05) is 19.6 Å². The zero-order valence-electron chi connectivity index (χ0n) is 13.3. The van der Waals surface area contributed by atoms with Crippen molar-refractivity contribution in [2.45, 2.75) is 31.7 Å². The Hall–Kier alpha value is -0.950. The molecule has 4 rings (SSSR count). The Morgan fingerprint density at radius 2 is 2.08 bits per heavy atom. The lowest BCUT2D eigenvalue weighted by Gasteiger charge is -2.32. The van der Waals surface area contributed by atoms with E-state index in [0.29, 0.717) is 11.7 Å². The van der Waals surface area contributed by atoms with Crippen molar-refractivity contribution in [1.82, 2.24) is 15.2 Å². The number of hydrogen-bond donors (Lipinski definition) is 1. The van der Waals surface area contributed by atoms with Crippen molar-refractivity contribution in [3.63, 3.8) is 0 Å². The molecule has 1 amide bonds. The SMILES string of the molecule is O=C(c1csc(-c2ccc(Cl)s2)n1)N1CCC(NCC2CC2)CC1. The van der Waals surface area contributed by atoms with E-state index in [1.165, 1.54) is 35.5 Å². The molecule has 1 aliphatic carbocycles. The van der Waals surface area contributed by atoms with Crippen molar-refractivity contribution >= 4 is 40.2 Å². The number of amides is 1. The first-order valence-electron chi connectivity index (χ1n) is 8.43. The molecule has 128 valence electrons. The second kappa shape index (κ2) is 7.12. The molecule has 7 heteroatoms. The van der Waals surface area contributed by atoms with E-state index in [-0.39, 0.29) is 5.91 Å². The van der Waals surface area contributed by atoms with Crippen LogP contribution in [0.1, 0.15) is 36.2 Å². The Balaban J connectivity index is 1.33. The number of aromatic nitrogens is 1. The molecule has 0 atom stereocenters. The van der Waals surface area contributed by atoms with Gasteiger partial charge in [0, 0.05) is 24.5 Å². The van der Waals surface area contributed by atoms with Gasteiger partial charge in [-0.15, -0.1) is 22.7 Å². The van der Waals surface area contributed by atoms with E-state index in [1.807, 2.05) is 22.4 Å². The second-order valence-electron chi connectivity index (χ2n) is 6.56. The van der Waals surface area contributed by atoms with E-state index in [1.54, 1.807) is 0 Å². The summed E-state index contributed by atoms with van der Waals surface area (Å²) in [6.07, 6.45) is 4.84. The third kappa shape index (κ3) is 3.82. The monoisotopic (exact) mass is 381 g/mol. The highest BCUT2D eigenvalue weighted by atomic mass is 35.5. The van der Waals surface area contributed by atoms with E-state index in [9.17, 15) is 4.79 Å². The number of likely N-dealkylation sites (tertiary alicyclic amines) is 1. The summed E-state index contributed by atoms with van der Waals surface area (Å²) in [6.45, 7) is 2.79. The van der Waals surface area contributed by atoms with Gasteiger partial charge in [0.05, 0.1) is 9.21 Å². The molecule has 3 heterocycles. The van der Waals surface area contributed by atoms with Gasteiger partial charge in [0.1, 0.15) is 10.7 Å². The van der Waals surface area contributed by atoms with Gasteiger partial charge in [0.25, 0.3) is 5.91 Å². The average Bonchev–Trinajstić information content (AvgIpc) is 3.12. The van der Waals surface area contributed by atoms with Crippen LogP contribution in [0.2, 0.25) is 4.34 Å². The van der Waals surface area contributed by atoms with Gasteiger partial charge in [-0.2, -0.15) is 0 Å². The lowest BCUT2D eigenvalue weighted by atomic mass is 10.0. The fourth-order valence-corrected chi connectivity index (χ4v) is 4.93. The molecule has 2 aromatic rings. The van der Waals surface area contributed by atoms with Crippen LogP contribution < -0.4 is 5.32 Å². The standard InChI is InChI=1S/C17H20ClN3OS2/c18-15-4-3-14(24-15)16-20-13(10-23-16)17(22)21-7-5-12(6-8-21)19-9-11-1-2-11/h3-4,10-12,19H,1-2,5-9H2. The molecule has 1 aliphatic heterocycles. The third-order valence-corrected chi connectivity index (χ3v) is 6.92. The van der Waals surface area contributed by atoms with Crippen LogP contribution in [0.15, 0.2) is 17.5 Å². The minimum Gasteiger partial charge on any atom is -0.337 e. The molecule has 2 aliphatic rings. The van der Waals surface area contributed by atoms with Crippen LogP contribution in [-0.4, -0.2) is 41.5 Å². The number of nitrogens with one attached hydrogen (secondary N) is 1. The predicted molar refractivity (Wildman–Crippen MR) is 100 cm³/mol. The maximum absolute atomic E-state index is 12.7. The van der Waals surface area contributed by atoms with E-state index in [0.717, 1.165) is 52.6 Å². The van der Waals surface area contributed by atoms with E-state index < -0.39 is 0 Å². The number of thiophene rings is 1. The minimum absolute atomic E-state index is 0.0563. The lowest BCUT2D eigenvalue weighted by Crippen LogP contribution is -2.45. The molecule has 4 nitrogen and oxygen atoms in total. The normalized spacial score (nSPS) is 19.0. The first-order valence-corrected chi connectivity index (χ1v) is 10.5. The molecule has 0 aromatic carbocycles. The summed E-state index contributed by atoms with van der Waals surface area (Å²) < 4.78 is 0.744. The quantitative estimate of drug-likeness (QED) is 0.846. The van der Waals surface area contributed by atoms with Gasteiger partial charge < -0.3 is 10.2 Å². The Kier molecular flexibility index (Phi) is 4.90. The lowest BCUT2D eigenvalue weighted by molar-refractivity contribution is 0.0700. The molecule has 24 heavy (non-hydrogen) atoms. The highest BCUT2D eigenvalue weighted by molar-refractivity contribution is 7.23. The van der Waals surface area contributed by atoms with Crippen LogP contribution in [0.25, 0.3) is 9.88 Å². The molecular weight excluding hydrogens is 362 g/mol. The summed E-state index contributed by atoms with van der Waals surface area (Å²) in [5.74, 6) is 0.963. The summed E-state index contributed by atoms with van der Waals surface area (Å²) in [6, 6.07) is 4.38. The zero-order chi connectivity index (χ0) is 16.5. The molecule has 1 N–H and O–H groups in total. The summed E-state index contributed by atoms with van der Waals surface area (Å²) in [4.78, 5) is 20.1. The van der Waals surface area contributed by atoms with Crippen molar-refractivity contribution in [3.8, 4) is 9.88 Å². The van der Waals surface area contributed by atoms with Gasteiger partial charge in [0.15, 0.2) is 0 Å². The Labute approximate surface area is 154 Å². The number of carbonyl (C=O) groups is 1. The summed E-state index contributed by atoms with van der Waals surface area (Å²) in [7, 11) is 0. The van der Waals surface area contributed by atoms with Gasteiger partial charge in [-0.25, -0.2) is 4.98 Å². The van der Waals surface area contributed by atoms with Gasteiger partial charge in [-0.3, -0.25) is 4.79 Å². The van der Waals surface area contributed by atoms with Crippen molar-refractivity contribution in [1.29, 1.82) is 0 Å². The molecule has 0 unspecified atom stereocenters. The van der Waals surface area contributed by atoms with Gasteiger partial charge >= 0.3 is 0 Å². The van der Waals surface area contributed by atoms with Gasteiger partial charge in [0.2, 0.25) is 0 Å². The fraction of sp³-hybridized carbons (Fsp3) is 0.529. The molecule has 0 bridgehead atoms. The largest absolute Gasteiger partial charge is 0.337 e. The molecule has 0 radical (unpaired) electrons. The molecule has 1 saturated carbocycles. The van der Waals surface area contributed by atoms with Gasteiger partial charge in [-0.1, -0.05) is 11.6 Å². The predicted octanol–water partition coefficient (Wildman–Crippen LogP) is 4.13. The van der Waals surface area contributed by atoms with Crippen LogP contribution in [0, 0.1) is 5.92 Å². The molecule has 1 saturated heterocycles. The minimum atomic E-state index is 0.0563. The van der Waals surface area contributed by atoms with Crippen molar-refractivity contribution in [2.24, 2.45) is 5.92 Å². The van der Waals surface area contributed by atoms with Crippen LogP contribution >= 0.6 is 34.3 Å². The van der Waals surface area contributed by atoms with E-state index in [4.69, 9.17) is 11.6 Å². The van der Waals surface area contributed by atoms with E-state index in [2.05, 4.69) is 10.3 Å². The van der Waals surface area contributed by atoms with Crippen LogP contribution in [-0.2, 0) is 0 Å². The fourth-order valence-electron chi connectivity index (χ4n) is 3.02. The topological polar surface area (TPSA) is 45.2 Å². The number of hydrogen-bond acceptors (Lipinski definition) is 5. The highest BCUT2D eigenvalue weighted by Gasteiger charge is 2.27. The molecular formula is C17H20ClN3OS2. The van der Waals surface area contributed by atoms with Crippen LogP contribution in [0.3, 0.4) is 0 Å². The molecule has 2 aromatic heterocycles. The third-order valence-electron chi connectivity index (χ3n) is 4.68. The van der Waals surface area contributed by atoms with Crippen LogP contribution in [0.4, 0.5) is 0 Å². The van der Waals surface area contributed by atoms with Gasteiger partial charge in [-0.05, 0) is 50.3 Å². The maximum atomic E-state index is 12.7. The van der Waals surface area contributed by atoms with Crippen molar-refractivity contribution < 1.29 is 4.79 Å². The van der Waals surface area contributed by atoms with E-state index >= 15 is 0 Å². The summed E-state index contributed by atoms with van der Waals surface area (Å²) >= 11 is 8.98. The Morgan fingerprint density at radius 3 is 2.75 bits per heavy atom. The number of thiazole rings is 1.